The molecule has 1 rings (SSSR count). The van der Waals surface area contributed by atoms with Gasteiger partial charge < -0.3 is 9.64 Å². The van der Waals surface area contributed by atoms with Gasteiger partial charge in [-0.15, -0.1) is 0 Å². The monoisotopic (exact) mass is 291 g/mol. The third-order valence-corrected chi connectivity index (χ3v) is 2.88. The molecule has 0 unspecified atom stereocenters. The van der Waals surface area contributed by atoms with E-state index < -0.39 is 0 Å². The molecule has 0 saturated heterocycles. The number of amides is 1. The van der Waals surface area contributed by atoms with E-state index in [4.69, 9.17) is 4.74 Å². The number of aldehydes is 1. The minimum absolute atomic E-state index is 0.00174. The third-order valence-electron chi connectivity index (χ3n) is 2.88. The molecule has 0 atom stereocenters. The molecule has 0 aliphatic carbocycles. The molecule has 4 heteroatoms. The van der Waals surface area contributed by atoms with Gasteiger partial charge in [0.2, 0.25) is 0 Å². The van der Waals surface area contributed by atoms with E-state index in [-0.39, 0.29) is 12.5 Å². The zero-order valence-corrected chi connectivity index (χ0v) is 13.3. The normalized spacial score (nSPS) is 10.8. The number of carbonyl (C=O) groups excluding carboxylic acids is 2. The number of hydrogen-bond donors (Lipinski definition) is 0. The van der Waals surface area contributed by atoms with E-state index in [0.717, 1.165) is 19.4 Å². The summed E-state index contributed by atoms with van der Waals surface area (Å²) in [6.45, 7) is 9.83. The van der Waals surface area contributed by atoms with Crippen molar-refractivity contribution in [2.24, 2.45) is 11.8 Å². The standard InChI is InChI=1S/C17H25NO3/c1-13(2)9-18(10-14(3)4)17(20)12-21-16-7-5-6-15(8-16)11-19/h5-8,11,13-14H,9-10,12H2,1-4H3. The van der Waals surface area contributed by atoms with Crippen LogP contribution in [0.3, 0.4) is 0 Å². The molecular formula is C17H25NO3. The fourth-order valence-corrected chi connectivity index (χ4v) is 2.07. The summed E-state index contributed by atoms with van der Waals surface area (Å²) in [6.07, 6.45) is 0.762. The Morgan fingerprint density at radius 3 is 2.33 bits per heavy atom. The van der Waals surface area contributed by atoms with Crippen molar-refractivity contribution in [1.82, 2.24) is 4.90 Å². The Morgan fingerprint density at radius 1 is 1.19 bits per heavy atom. The number of nitrogens with zero attached hydrogens (tertiary/aromatic N) is 1. The van der Waals surface area contributed by atoms with Crippen molar-refractivity contribution in [2.75, 3.05) is 19.7 Å². The Bertz CT molecular complexity index is 459. The van der Waals surface area contributed by atoms with E-state index >= 15 is 0 Å². The van der Waals surface area contributed by atoms with Gasteiger partial charge in [-0.3, -0.25) is 9.59 Å². The number of ether oxygens (including phenoxy) is 1. The molecule has 0 bridgehead atoms. The molecule has 0 aliphatic rings. The second kappa shape index (κ2) is 8.45. The van der Waals surface area contributed by atoms with Crippen LogP contribution < -0.4 is 4.74 Å². The minimum Gasteiger partial charge on any atom is -0.484 e. The van der Waals surface area contributed by atoms with E-state index in [1.165, 1.54) is 0 Å². The molecule has 1 aromatic rings. The maximum atomic E-state index is 12.3. The van der Waals surface area contributed by atoms with Gasteiger partial charge in [-0.2, -0.15) is 0 Å². The first-order chi connectivity index (χ1) is 9.92. The number of carbonyl (C=O) groups is 2. The van der Waals surface area contributed by atoms with E-state index in [0.29, 0.717) is 23.1 Å². The first kappa shape index (κ1) is 17.2. The highest BCUT2D eigenvalue weighted by atomic mass is 16.5. The molecule has 0 spiro atoms. The maximum Gasteiger partial charge on any atom is 0.260 e. The lowest BCUT2D eigenvalue weighted by Crippen LogP contribution is -2.39. The Morgan fingerprint density at radius 2 is 1.81 bits per heavy atom. The van der Waals surface area contributed by atoms with E-state index in [2.05, 4.69) is 27.7 Å². The summed E-state index contributed by atoms with van der Waals surface area (Å²) < 4.78 is 5.50. The molecule has 1 aromatic carbocycles. The van der Waals surface area contributed by atoms with Crippen LogP contribution in [0.1, 0.15) is 38.1 Å². The highest BCUT2D eigenvalue weighted by molar-refractivity contribution is 5.78. The van der Waals surface area contributed by atoms with Gasteiger partial charge in [0.05, 0.1) is 0 Å². The van der Waals surface area contributed by atoms with Crippen LogP contribution in [0.5, 0.6) is 5.75 Å². The third kappa shape index (κ3) is 6.43. The zero-order valence-electron chi connectivity index (χ0n) is 13.3. The molecule has 0 radical (unpaired) electrons. The summed E-state index contributed by atoms with van der Waals surface area (Å²) in [7, 11) is 0. The van der Waals surface area contributed by atoms with Crippen LogP contribution in [0.25, 0.3) is 0 Å². The second-order valence-corrected chi connectivity index (χ2v) is 6.07. The van der Waals surface area contributed by atoms with E-state index in [9.17, 15) is 9.59 Å². The molecule has 21 heavy (non-hydrogen) atoms. The van der Waals surface area contributed by atoms with Crippen molar-refractivity contribution < 1.29 is 14.3 Å². The lowest BCUT2D eigenvalue weighted by atomic mass is 10.1. The number of benzene rings is 1. The fraction of sp³-hybridized carbons (Fsp3) is 0.529. The lowest BCUT2D eigenvalue weighted by Gasteiger charge is -2.26. The molecule has 4 nitrogen and oxygen atoms in total. The molecule has 0 fully saturated rings. The Labute approximate surface area is 127 Å². The van der Waals surface area contributed by atoms with Crippen molar-refractivity contribution in [2.45, 2.75) is 27.7 Å². The number of rotatable bonds is 8. The molecule has 116 valence electrons. The van der Waals surface area contributed by atoms with Crippen molar-refractivity contribution in [1.29, 1.82) is 0 Å². The van der Waals surface area contributed by atoms with Crippen LogP contribution >= 0.6 is 0 Å². The first-order valence-electron chi connectivity index (χ1n) is 7.38. The average Bonchev–Trinajstić information content (AvgIpc) is 2.43. The maximum absolute atomic E-state index is 12.3. The van der Waals surface area contributed by atoms with E-state index in [1.807, 2.05) is 4.90 Å². The first-order valence-corrected chi connectivity index (χ1v) is 7.38. The van der Waals surface area contributed by atoms with E-state index in [1.54, 1.807) is 24.3 Å². The van der Waals surface area contributed by atoms with Crippen LogP contribution in [0.4, 0.5) is 0 Å². The average molecular weight is 291 g/mol. The van der Waals surface area contributed by atoms with Crippen LogP contribution in [0, 0.1) is 11.8 Å². The van der Waals surface area contributed by atoms with Crippen molar-refractivity contribution in [3.63, 3.8) is 0 Å². The second-order valence-electron chi connectivity index (χ2n) is 6.07. The lowest BCUT2D eigenvalue weighted by molar-refractivity contribution is -0.134. The predicted molar refractivity (Wildman–Crippen MR) is 83.6 cm³/mol. The summed E-state index contributed by atoms with van der Waals surface area (Å²) >= 11 is 0. The van der Waals surface area contributed by atoms with Gasteiger partial charge in [-0.1, -0.05) is 39.8 Å². The van der Waals surface area contributed by atoms with Crippen molar-refractivity contribution >= 4 is 12.2 Å². The topological polar surface area (TPSA) is 46.6 Å². The summed E-state index contributed by atoms with van der Waals surface area (Å²) in [5.41, 5.74) is 0.543. The van der Waals surface area contributed by atoms with Gasteiger partial charge in [0.15, 0.2) is 6.61 Å². The van der Waals surface area contributed by atoms with Crippen molar-refractivity contribution in [3.8, 4) is 5.75 Å². The molecule has 0 aliphatic heterocycles. The van der Waals surface area contributed by atoms with Gasteiger partial charge in [0.25, 0.3) is 5.91 Å². The SMILES string of the molecule is CC(C)CN(CC(C)C)C(=O)COc1cccc(C=O)c1. The minimum atomic E-state index is -0.0195. The predicted octanol–water partition coefficient (Wildman–Crippen LogP) is 3.02. The molecule has 1 amide bonds. The highest BCUT2D eigenvalue weighted by Gasteiger charge is 2.16. The summed E-state index contributed by atoms with van der Waals surface area (Å²) in [4.78, 5) is 24.8. The molecular weight excluding hydrogens is 266 g/mol. The largest absolute Gasteiger partial charge is 0.484 e. The van der Waals surface area contributed by atoms with Crippen LogP contribution in [-0.2, 0) is 4.79 Å². The molecule has 0 saturated carbocycles. The summed E-state index contributed by atoms with van der Waals surface area (Å²) in [5.74, 6) is 1.37. The Hall–Kier alpha value is -1.84. The molecule has 0 aromatic heterocycles. The van der Waals surface area contributed by atoms with Gasteiger partial charge in [-0.05, 0) is 24.0 Å². The Balaban J connectivity index is 2.61. The van der Waals surface area contributed by atoms with Gasteiger partial charge >= 0.3 is 0 Å². The van der Waals surface area contributed by atoms with Gasteiger partial charge in [0, 0.05) is 18.7 Å². The van der Waals surface area contributed by atoms with Crippen LogP contribution in [-0.4, -0.2) is 36.8 Å². The van der Waals surface area contributed by atoms with Crippen LogP contribution in [0.15, 0.2) is 24.3 Å². The summed E-state index contributed by atoms with van der Waals surface area (Å²) in [6, 6.07) is 6.82. The Kier molecular flexibility index (Phi) is 6.92. The van der Waals surface area contributed by atoms with Crippen LogP contribution in [0.2, 0.25) is 0 Å². The van der Waals surface area contributed by atoms with Gasteiger partial charge in [-0.25, -0.2) is 0 Å². The summed E-state index contributed by atoms with van der Waals surface area (Å²) in [5, 5.41) is 0. The smallest absolute Gasteiger partial charge is 0.260 e. The van der Waals surface area contributed by atoms with Gasteiger partial charge in [0.1, 0.15) is 12.0 Å². The quantitative estimate of drug-likeness (QED) is 0.692. The fourth-order valence-electron chi connectivity index (χ4n) is 2.07. The number of hydrogen-bond acceptors (Lipinski definition) is 3. The zero-order chi connectivity index (χ0) is 15.8. The molecule has 0 N–H and O–H groups in total. The molecule has 0 heterocycles. The highest BCUT2D eigenvalue weighted by Crippen LogP contribution is 2.12. The van der Waals surface area contributed by atoms with Crippen molar-refractivity contribution in [3.05, 3.63) is 29.8 Å².